The second-order valence-corrected chi connectivity index (χ2v) is 5.06. The molecule has 0 aliphatic rings. The lowest BCUT2D eigenvalue weighted by atomic mass is 9.96. The van der Waals surface area contributed by atoms with E-state index in [1.54, 1.807) is 7.11 Å². The molecule has 2 atom stereocenters. The maximum absolute atomic E-state index is 5.74. The number of hydrogen-bond acceptors (Lipinski definition) is 4. The smallest absolute Gasteiger partial charge is 0.160 e. The molecule has 2 N–H and O–H groups in total. The first-order chi connectivity index (χ1) is 8.39. The van der Waals surface area contributed by atoms with Crippen LogP contribution in [-0.2, 0) is 10.3 Å². The van der Waals surface area contributed by atoms with Gasteiger partial charge in [0, 0.05) is 18.5 Å². The van der Waals surface area contributed by atoms with Gasteiger partial charge in [-0.3, -0.25) is 0 Å². The highest BCUT2D eigenvalue weighted by Crippen LogP contribution is 2.28. The van der Waals surface area contributed by atoms with E-state index in [1.807, 2.05) is 20.8 Å². The molecule has 4 heteroatoms. The highest BCUT2D eigenvalue weighted by atomic mass is 16.5. The van der Waals surface area contributed by atoms with Gasteiger partial charge in [-0.1, -0.05) is 13.8 Å². The molecular formula is C14H25N3O. The van der Waals surface area contributed by atoms with E-state index in [9.17, 15) is 0 Å². The highest BCUT2D eigenvalue weighted by Gasteiger charge is 2.29. The number of aromatic nitrogens is 2. The standard InChI is InChI=1S/C14H25N3O/c1-7-14(5,18-6)13-16-10(3)12(9(2)8-15)11(4)17-13/h9H,7-8,15H2,1-6H3. The number of ether oxygens (including phenoxy) is 1. The van der Waals surface area contributed by atoms with Crippen LogP contribution in [0, 0.1) is 13.8 Å². The number of aryl methyl sites for hydroxylation is 2. The Bertz CT molecular complexity index is 390. The van der Waals surface area contributed by atoms with Crippen molar-refractivity contribution in [3.8, 4) is 0 Å². The molecule has 0 radical (unpaired) electrons. The minimum Gasteiger partial charge on any atom is -0.371 e. The lowest BCUT2D eigenvalue weighted by Crippen LogP contribution is -2.28. The van der Waals surface area contributed by atoms with E-state index in [1.165, 1.54) is 0 Å². The van der Waals surface area contributed by atoms with E-state index in [4.69, 9.17) is 10.5 Å². The van der Waals surface area contributed by atoms with Crippen molar-refractivity contribution in [2.75, 3.05) is 13.7 Å². The summed E-state index contributed by atoms with van der Waals surface area (Å²) in [6.07, 6.45) is 0.841. The average Bonchev–Trinajstić information content (AvgIpc) is 2.36. The van der Waals surface area contributed by atoms with E-state index in [0.29, 0.717) is 6.54 Å². The fraction of sp³-hybridized carbons (Fsp3) is 0.714. The largest absolute Gasteiger partial charge is 0.371 e. The fourth-order valence-corrected chi connectivity index (χ4v) is 2.19. The second kappa shape index (κ2) is 5.76. The van der Waals surface area contributed by atoms with Gasteiger partial charge < -0.3 is 10.5 Å². The van der Waals surface area contributed by atoms with Crippen LogP contribution in [0.1, 0.15) is 55.9 Å². The topological polar surface area (TPSA) is 61.0 Å². The average molecular weight is 251 g/mol. The van der Waals surface area contributed by atoms with Crippen LogP contribution in [0.5, 0.6) is 0 Å². The van der Waals surface area contributed by atoms with E-state index < -0.39 is 5.60 Å². The van der Waals surface area contributed by atoms with Crippen LogP contribution >= 0.6 is 0 Å². The summed E-state index contributed by atoms with van der Waals surface area (Å²) in [6.45, 7) is 10.9. The predicted octanol–water partition coefficient (Wildman–Crippen LogP) is 2.43. The van der Waals surface area contributed by atoms with Gasteiger partial charge in [-0.2, -0.15) is 0 Å². The Morgan fingerprint density at radius 2 is 1.78 bits per heavy atom. The Labute approximate surface area is 110 Å². The lowest BCUT2D eigenvalue weighted by molar-refractivity contribution is -0.00929. The quantitative estimate of drug-likeness (QED) is 0.873. The number of nitrogens with two attached hydrogens (primary N) is 1. The minimum absolute atomic E-state index is 0.287. The van der Waals surface area contributed by atoms with Crippen LogP contribution in [0.3, 0.4) is 0 Å². The number of hydrogen-bond donors (Lipinski definition) is 1. The van der Waals surface area contributed by atoms with Crippen LogP contribution < -0.4 is 5.73 Å². The molecule has 0 spiro atoms. The molecule has 0 bridgehead atoms. The molecule has 0 amide bonds. The fourth-order valence-electron chi connectivity index (χ4n) is 2.19. The first kappa shape index (κ1) is 15.1. The van der Waals surface area contributed by atoms with Crippen LogP contribution in [0.15, 0.2) is 0 Å². The molecule has 1 heterocycles. The molecule has 0 aliphatic heterocycles. The summed E-state index contributed by atoms with van der Waals surface area (Å²) in [6, 6.07) is 0. The van der Waals surface area contributed by atoms with Crippen molar-refractivity contribution in [2.24, 2.45) is 5.73 Å². The predicted molar refractivity (Wildman–Crippen MR) is 73.6 cm³/mol. The van der Waals surface area contributed by atoms with Crippen molar-refractivity contribution in [2.45, 2.75) is 52.6 Å². The molecule has 102 valence electrons. The Balaban J connectivity index is 3.30. The zero-order valence-electron chi connectivity index (χ0n) is 12.4. The number of rotatable bonds is 5. The maximum atomic E-state index is 5.74. The van der Waals surface area contributed by atoms with Crippen molar-refractivity contribution in [3.05, 3.63) is 22.8 Å². The summed E-state index contributed by atoms with van der Waals surface area (Å²) in [5.74, 6) is 1.05. The normalized spacial score (nSPS) is 16.4. The third kappa shape index (κ3) is 2.70. The first-order valence-corrected chi connectivity index (χ1v) is 6.50. The highest BCUT2D eigenvalue weighted by molar-refractivity contribution is 5.29. The summed E-state index contributed by atoms with van der Waals surface area (Å²) < 4.78 is 5.56. The summed E-state index contributed by atoms with van der Waals surface area (Å²) in [5.41, 5.74) is 8.50. The van der Waals surface area contributed by atoms with Crippen molar-refractivity contribution in [1.29, 1.82) is 0 Å². The molecule has 1 rings (SSSR count). The van der Waals surface area contributed by atoms with Gasteiger partial charge in [0.15, 0.2) is 5.82 Å². The van der Waals surface area contributed by atoms with Crippen molar-refractivity contribution < 1.29 is 4.74 Å². The van der Waals surface area contributed by atoms with E-state index >= 15 is 0 Å². The molecule has 0 aromatic carbocycles. The molecule has 0 fully saturated rings. The molecule has 18 heavy (non-hydrogen) atoms. The molecule has 0 saturated heterocycles. The molecule has 1 aromatic heterocycles. The van der Waals surface area contributed by atoms with Gasteiger partial charge in [0.25, 0.3) is 0 Å². The summed E-state index contributed by atoms with van der Waals surface area (Å²) in [7, 11) is 1.70. The van der Waals surface area contributed by atoms with Crippen molar-refractivity contribution >= 4 is 0 Å². The third-order valence-electron chi connectivity index (χ3n) is 3.77. The van der Waals surface area contributed by atoms with Crippen LogP contribution in [-0.4, -0.2) is 23.6 Å². The molecule has 0 saturated carbocycles. The summed E-state index contributed by atoms with van der Waals surface area (Å²) >= 11 is 0. The SMILES string of the molecule is CCC(C)(OC)c1nc(C)c(C(C)CN)c(C)n1. The molecule has 4 nitrogen and oxygen atoms in total. The van der Waals surface area contributed by atoms with Crippen LogP contribution in [0.25, 0.3) is 0 Å². The van der Waals surface area contributed by atoms with Crippen molar-refractivity contribution in [1.82, 2.24) is 9.97 Å². The lowest BCUT2D eigenvalue weighted by Gasteiger charge is -2.27. The van der Waals surface area contributed by atoms with Gasteiger partial charge in [0.1, 0.15) is 5.60 Å². The van der Waals surface area contributed by atoms with Crippen LogP contribution in [0.2, 0.25) is 0 Å². The van der Waals surface area contributed by atoms with Gasteiger partial charge in [0.2, 0.25) is 0 Å². The molecule has 0 aliphatic carbocycles. The molecule has 1 aromatic rings. The summed E-state index contributed by atoms with van der Waals surface area (Å²) in [4.78, 5) is 9.25. The number of nitrogens with zero attached hydrogens (tertiary/aromatic N) is 2. The zero-order chi connectivity index (χ0) is 13.9. The van der Waals surface area contributed by atoms with Gasteiger partial charge >= 0.3 is 0 Å². The van der Waals surface area contributed by atoms with Gasteiger partial charge in [0.05, 0.1) is 0 Å². The Morgan fingerprint density at radius 1 is 1.28 bits per heavy atom. The first-order valence-electron chi connectivity index (χ1n) is 6.50. The van der Waals surface area contributed by atoms with Crippen molar-refractivity contribution in [3.63, 3.8) is 0 Å². The summed E-state index contributed by atoms with van der Waals surface area (Å²) in [5, 5.41) is 0. The Hall–Kier alpha value is -1.00. The van der Waals surface area contributed by atoms with Gasteiger partial charge in [-0.05, 0) is 45.2 Å². The second-order valence-electron chi connectivity index (χ2n) is 5.06. The third-order valence-corrected chi connectivity index (χ3v) is 3.77. The van der Waals surface area contributed by atoms with Gasteiger partial charge in [-0.15, -0.1) is 0 Å². The van der Waals surface area contributed by atoms with Crippen LogP contribution in [0.4, 0.5) is 0 Å². The maximum Gasteiger partial charge on any atom is 0.160 e. The minimum atomic E-state index is -0.417. The Morgan fingerprint density at radius 3 is 2.11 bits per heavy atom. The van der Waals surface area contributed by atoms with E-state index in [-0.39, 0.29) is 5.92 Å². The molecule has 2 unspecified atom stereocenters. The Kier molecular flexibility index (Phi) is 4.82. The monoisotopic (exact) mass is 251 g/mol. The zero-order valence-corrected chi connectivity index (χ0v) is 12.4. The number of methoxy groups -OCH3 is 1. The van der Waals surface area contributed by atoms with E-state index in [2.05, 4.69) is 23.8 Å². The molecular weight excluding hydrogens is 226 g/mol. The van der Waals surface area contributed by atoms with Gasteiger partial charge in [-0.25, -0.2) is 9.97 Å². The van der Waals surface area contributed by atoms with E-state index in [0.717, 1.165) is 29.2 Å².